The summed E-state index contributed by atoms with van der Waals surface area (Å²) in [6, 6.07) is 3.93. The van der Waals surface area contributed by atoms with Crippen LogP contribution < -0.4 is 10.1 Å². The van der Waals surface area contributed by atoms with Crippen LogP contribution in [0, 0.1) is 12.8 Å². The lowest BCUT2D eigenvalue weighted by molar-refractivity contribution is -0.153. The number of nitrogens with one attached hydrogen (secondary N) is 1. The van der Waals surface area contributed by atoms with Gasteiger partial charge < -0.3 is 20.1 Å². The van der Waals surface area contributed by atoms with Gasteiger partial charge in [-0.25, -0.2) is 4.79 Å². The Labute approximate surface area is 142 Å². The van der Waals surface area contributed by atoms with Crippen molar-refractivity contribution >= 4 is 17.7 Å². The molecule has 2 amide bonds. The van der Waals surface area contributed by atoms with Crippen molar-refractivity contribution in [2.75, 3.05) is 25.0 Å². The Bertz CT molecular complexity index is 649. The first-order valence-electron chi connectivity index (χ1n) is 7.75. The van der Waals surface area contributed by atoms with Gasteiger partial charge in [-0.3, -0.25) is 4.79 Å². The number of alkyl halides is 3. The van der Waals surface area contributed by atoms with Gasteiger partial charge in [-0.15, -0.1) is 0 Å². The number of carbonyl (C=O) groups is 2. The van der Waals surface area contributed by atoms with Gasteiger partial charge in [-0.1, -0.05) is 6.07 Å². The van der Waals surface area contributed by atoms with Gasteiger partial charge in [0, 0.05) is 24.3 Å². The van der Waals surface area contributed by atoms with E-state index in [4.69, 9.17) is 9.84 Å². The molecule has 2 N–H and O–H groups in total. The van der Waals surface area contributed by atoms with Gasteiger partial charge in [0.05, 0.1) is 5.92 Å². The summed E-state index contributed by atoms with van der Waals surface area (Å²) in [6.45, 7) is 0.651. The van der Waals surface area contributed by atoms with Crippen LogP contribution >= 0.6 is 0 Å². The van der Waals surface area contributed by atoms with Crippen LogP contribution in [0.5, 0.6) is 5.75 Å². The Hall–Kier alpha value is -2.45. The number of urea groups is 1. The average molecular weight is 360 g/mol. The SMILES string of the molecule is Cc1c(NC(=O)N2CCCC(C(=O)O)C2)cccc1OCC(F)(F)F. The number of rotatable bonds is 4. The quantitative estimate of drug-likeness (QED) is 0.864. The highest BCUT2D eigenvalue weighted by Crippen LogP contribution is 2.28. The van der Waals surface area contributed by atoms with E-state index >= 15 is 0 Å². The van der Waals surface area contributed by atoms with Crippen molar-refractivity contribution in [3.8, 4) is 5.75 Å². The lowest BCUT2D eigenvalue weighted by atomic mass is 9.99. The minimum Gasteiger partial charge on any atom is -0.484 e. The maximum atomic E-state index is 12.3. The molecule has 1 heterocycles. The van der Waals surface area contributed by atoms with Gasteiger partial charge in [-0.2, -0.15) is 13.2 Å². The van der Waals surface area contributed by atoms with Crippen molar-refractivity contribution in [2.24, 2.45) is 5.92 Å². The van der Waals surface area contributed by atoms with Crippen LogP contribution in [0.2, 0.25) is 0 Å². The topological polar surface area (TPSA) is 78.9 Å². The zero-order chi connectivity index (χ0) is 18.6. The molecule has 1 atom stereocenters. The molecule has 9 heteroatoms. The lowest BCUT2D eigenvalue weighted by Crippen LogP contribution is -2.44. The van der Waals surface area contributed by atoms with Gasteiger partial charge in [0.1, 0.15) is 5.75 Å². The van der Waals surface area contributed by atoms with Crippen molar-refractivity contribution in [1.29, 1.82) is 0 Å². The van der Waals surface area contributed by atoms with Crippen LogP contribution in [0.25, 0.3) is 0 Å². The molecular weight excluding hydrogens is 341 g/mol. The predicted octanol–water partition coefficient (Wildman–Crippen LogP) is 3.26. The van der Waals surface area contributed by atoms with E-state index in [1.807, 2.05) is 0 Å². The van der Waals surface area contributed by atoms with Crippen LogP contribution in [0.3, 0.4) is 0 Å². The summed E-state index contributed by atoms with van der Waals surface area (Å²) in [5, 5.41) is 11.7. The summed E-state index contributed by atoms with van der Waals surface area (Å²) in [5.41, 5.74) is 0.689. The summed E-state index contributed by atoms with van der Waals surface area (Å²) < 4.78 is 41.6. The highest BCUT2D eigenvalue weighted by Gasteiger charge is 2.30. The van der Waals surface area contributed by atoms with Crippen molar-refractivity contribution in [1.82, 2.24) is 4.90 Å². The molecule has 0 aliphatic carbocycles. The number of hydrogen-bond acceptors (Lipinski definition) is 3. The first-order valence-corrected chi connectivity index (χ1v) is 7.75. The molecule has 1 fully saturated rings. The Morgan fingerprint density at radius 2 is 2.12 bits per heavy atom. The molecule has 1 unspecified atom stereocenters. The van der Waals surface area contributed by atoms with Gasteiger partial charge in [-0.05, 0) is 31.9 Å². The summed E-state index contributed by atoms with van der Waals surface area (Å²) in [7, 11) is 0. The predicted molar refractivity (Wildman–Crippen MR) is 83.7 cm³/mol. The Kier molecular flexibility index (Phi) is 5.76. The summed E-state index contributed by atoms with van der Waals surface area (Å²) in [4.78, 5) is 24.8. The summed E-state index contributed by atoms with van der Waals surface area (Å²) in [5.74, 6) is -1.53. The first-order chi connectivity index (χ1) is 11.7. The van der Waals surface area contributed by atoms with E-state index in [0.29, 0.717) is 30.6 Å². The molecule has 1 saturated heterocycles. The molecule has 0 spiro atoms. The Balaban J connectivity index is 2.04. The monoisotopic (exact) mass is 360 g/mol. The molecule has 1 aromatic rings. The maximum Gasteiger partial charge on any atom is 0.422 e. The van der Waals surface area contributed by atoms with E-state index < -0.39 is 30.7 Å². The third-order valence-electron chi connectivity index (χ3n) is 3.97. The zero-order valence-electron chi connectivity index (χ0n) is 13.6. The smallest absolute Gasteiger partial charge is 0.422 e. The molecule has 6 nitrogen and oxygen atoms in total. The third-order valence-corrected chi connectivity index (χ3v) is 3.97. The number of carbonyl (C=O) groups excluding carboxylic acids is 1. The van der Waals surface area contributed by atoms with Crippen molar-refractivity contribution in [3.05, 3.63) is 23.8 Å². The zero-order valence-corrected chi connectivity index (χ0v) is 13.6. The van der Waals surface area contributed by atoms with Crippen molar-refractivity contribution < 1.29 is 32.6 Å². The number of amides is 2. The van der Waals surface area contributed by atoms with Crippen LogP contribution in [0.4, 0.5) is 23.7 Å². The number of anilines is 1. The van der Waals surface area contributed by atoms with E-state index in [-0.39, 0.29) is 12.3 Å². The number of ether oxygens (including phenoxy) is 1. The van der Waals surface area contributed by atoms with Crippen LogP contribution in [0.15, 0.2) is 18.2 Å². The largest absolute Gasteiger partial charge is 0.484 e. The van der Waals surface area contributed by atoms with Gasteiger partial charge in [0.15, 0.2) is 6.61 Å². The molecule has 138 valence electrons. The number of hydrogen-bond donors (Lipinski definition) is 2. The molecule has 1 aliphatic rings. The van der Waals surface area contributed by atoms with Crippen LogP contribution in [-0.2, 0) is 4.79 Å². The highest BCUT2D eigenvalue weighted by atomic mass is 19.4. The van der Waals surface area contributed by atoms with E-state index in [9.17, 15) is 22.8 Å². The number of benzene rings is 1. The normalized spacial score (nSPS) is 17.9. The fraction of sp³-hybridized carbons (Fsp3) is 0.500. The molecule has 1 aliphatic heterocycles. The molecule has 2 rings (SSSR count). The minimum atomic E-state index is -4.45. The third kappa shape index (κ3) is 5.27. The fourth-order valence-corrected chi connectivity index (χ4v) is 2.62. The Morgan fingerprint density at radius 3 is 2.76 bits per heavy atom. The molecule has 0 aromatic heterocycles. The highest BCUT2D eigenvalue weighted by molar-refractivity contribution is 5.91. The molecule has 0 saturated carbocycles. The number of aliphatic carboxylic acids is 1. The van der Waals surface area contributed by atoms with E-state index in [2.05, 4.69) is 5.32 Å². The maximum absolute atomic E-state index is 12.3. The minimum absolute atomic E-state index is 0.0252. The summed E-state index contributed by atoms with van der Waals surface area (Å²) in [6.07, 6.45) is -3.36. The summed E-state index contributed by atoms with van der Waals surface area (Å²) >= 11 is 0. The number of carboxylic acids is 1. The number of nitrogens with zero attached hydrogens (tertiary/aromatic N) is 1. The number of carboxylic acid groups (broad SMARTS) is 1. The molecule has 1 aromatic carbocycles. The fourth-order valence-electron chi connectivity index (χ4n) is 2.62. The van der Waals surface area contributed by atoms with E-state index in [1.54, 1.807) is 6.07 Å². The first kappa shape index (κ1) is 18.9. The second-order valence-electron chi connectivity index (χ2n) is 5.89. The molecular formula is C16H19F3N2O4. The van der Waals surface area contributed by atoms with Gasteiger partial charge in [0.25, 0.3) is 0 Å². The number of piperidine rings is 1. The number of likely N-dealkylation sites (tertiary alicyclic amines) is 1. The van der Waals surface area contributed by atoms with Crippen LogP contribution in [-0.4, -0.2) is 47.9 Å². The standard InChI is InChI=1S/C16H19F3N2O4/c1-10-12(5-2-6-13(10)25-9-16(17,18)19)20-15(24)21-7-3-4-11(8-21)14(22)23/h2,5-6,11H,3-4,7-9H2,1H3,(H,20,24)(H,22,23). The number of halogens is 3. The van der Waals surface area contributed by atoms with E-state index in [0.717, 1.165) is 0 Å². The van der Waals surface area contributed by atoms with Crippen LogP contribution in [0.1, 0.15) is 18.4 Å². The van der Waals surface area contributed by atoms with Crippen molar-refractivity contribution in [3.63, 3.8) is 0 Å². The van der Waals surface area contributed by atoms with Gasteiger partial charge >= 0.3 is 18.2 Å². The van der Waals surface area contributed by atoms with Gasteiger partial charge in [0.2, 0.25) is 0 Å². The second kappa shape index (κ2) is 7.62. The average Bonchev–Trinajstić information content (AvgIpc) is 2.55. The lowest BCUT2D eigenvalue weighted by Gasteiger charge is -2.31. The molecule has 25 heavy (non-hydrogen) atoms. The second-order valence-corrected chi connectivity index (χ2v) is 5.89. The molecule has 0 radical (unpaired) electrons. The Morgan fingerprint density at radius 1 is 1.40 bits per heavy atom. The van der Waals surface area contributed by atoms with Crippen molar-refractivity contribution in [2.45, 2.75) is 25.9 Å². The molecule has 0 bridgehead atoms. The van der Waals surface area contributed by atoms with E-state index in [1.165, 1.54) is 24.0 Å².